The van der Waals surface area contributed by atoms with Crippen molar-refractivity contribution in [2.75, 3.05) is 18.1 Å². The smallest absolute Gasteiger partial charge is 0.337 e. The maximum atomic E-state index is 12.0. The molecule has 19 heavy (non-hydrogen) atoms. The SMILES string of the molecule is CCOC(=O)C1=C(C)NC(=O)N(c2ccccc2)C1. The third-order valence-electron chi connectivity index (χ3n) is 2.90. The average molecular weight is 260 g/mol. The van der Waals surface area contributed by atoms with Crippen LogP contribution in [0.4, 0.5) is 10.5 Å². The van der Waals surface area contributed by atoms with E-state index in [9.17, 15) is 9.59 Å². The maximum Gasteiger partial charge on any atom is 0.337 e. The standard InChI is InChI=1S/C14H16N2O3/c1-3-19-13(17)12-9-16(14(18)15-10(12)2)11-7-5-4-6-8-11/h4-8H,3,9H2,1-2H3,(H,15,18). The number of nitrogens with one attached hydrogen (secondary N) is 1. The number of urea groups is 1. The van der Waals surface area contributed by atoms with Gasteiger partial charge in [-0.2, -0.15) is 0 Å². The number of ether oxygens (including phenoxy) is 1. The molecule has 1 N–H and O–H groups in total. The van der Waals surface area contributed by atoms with Crippen molar-refractivity contribution in [3.05, 3.63) is 41.6 Å². The Balaban J connectivity index is 2.26. The van der Waals surface area contributed by atoms with Crippen LogP contribution >= 0.6 is 0 Å². The first-order valence-corrected chi connectivity index (χ1v) is 6.14. The van der Waals surface area contributed by atoms with E-state index in [0.717, 1.165) is 5.69 Å². The summed E-state index contributed by atoms with van der Waals surface area (Å²) in [5.74, 6) is -0.388. The van der Waals surface area contributed by atoms with E-state index in [-0.39, 0.29) is 18.5 Å². The van der Waals surface area contributed by atoms with Crippen LogP contribution in [0.25, 0.3) is 0 Å². The van der Waals surface area contributed by atoms with Crippen LogP contribution in [-0.2, 0) is 9.53 Å². The number of rotatable bonds is 3. The van der Waals surface area contributed by atoms with Gasteiger partial charge in [0.05, 0.1) is 18.7 Å². The molecule has 5 nitrogen and oxygen atoms in total. The van der Waals surface area contributed by atoms with Crippen LogP contribution in [-0.4, -0.2) is 25.2 Å². The zero-order valence-electron chi connectivity index (χ0n) is 11.0. The fourth-order valence-corrected chi connectivity index (χ4v) is 1.90. The van der Waals surface area contributed by atoms with Gasteiger partial charge in [0.15, 0.2) is 0 Å². The van der Waals surface area contributed by atoms with Gasteiger partial charge in [0.25, 0.3) is 0 Å². The second-order valence-electron chi connectivity index (χ2n) is 4.18. The highest BCUT2D eigenvalue weighted by molar-refractivity contribution is 6.00. The zero-order valence-corrected chi connectivity index (χ0v) is 11.0. The second-order valence-corrected chi connectivity index (χ2v) is 4.18. The van der Waals surface area contributed by atoms with Crippen LogP contribution in [0.3, 0.4) is 0 Å². The molecule has 0 aromatic heterocycles. The number of amides is 2. The van der Waals surface area contributed by atoms with Crippen molar-refractivity contribution in [3.63, 3.8) is 0 Å². The molecule has 1 aromatic rings. The number of anilines is 1. The van der Waals surface area contributed by atoms with Crippen LogP contribution in [0, 0.1) is 0 Å². The predicted molar refractivity (Wildman–Crippen MR) is 71.7 cm³/mol. The molecule has 0 aliphatic carbocycles. The summed E-state index contributed by atoms with van der Waals surface area (Å²) in [6, 6.07) is 8.97. The maximum absolute atomic E-state index is 12.0. The quantitative estimate of drug-likeness (QED) is 0.846. The predicted octanol–water partition coefficient (Wildman–Crippen LogP) is 2.05. The molecule has 0 unspecified atom stereocenters. The highest BCUT2D eigenvalue weighted by Gasteiger charge is 2.28. The number of carbonyl (C=O) groups is 2. The van der Waals surface area contributed by atoms with Gasteiger partial charge in [-0.05, 0) is 26.0 Å². The van der Waals surface area contributed by atoms with Gasteiger partial charge >= 0.3 is 12.0 Å². The van der Waals surface area contributed by atoms with Gasteiger partial charge in [0, 0.05) is 11.4 Å². The number of allylic oxidation sites excluding steroid dienone is 1. The third-order valence-corrected chi connectivity index (χ3v) is 2.90. The summed E-state index contributed by atoms with van der Waals surface area (Å²) in [6.45, 7) is 3.99. The van der Waals surface area contributed by atoms with Crippen molar-refractivity contribution in [3.8, 4) is 0 Å². The molecule has 0 fully saturated rings. The molecule has 0 bridgehead atoms. The molecule has 1 aliphatic heterocycles. The summed E-state index contributed by atoms with van der Waals surface area (Å²) in [4.78, 5) is 25.3. The third kappa shape index (κ3) is 2.76. The Bertz CT molecular complexity index is 523. The van der Waals surface area contributed by atoms with Gasteiger partial charge in [0.2, 0.25) is 0 Å². The summed E-state index contributed by atoms with van der Waals surface area (Å²) < 4.78 is 5.00. The number of esters is 1. The molecule has 0 saturated carbocycles. The van der Waals surface area contributed by atoms with Crippen LogP contribution in [0.1, 0.15) is 13.8 Å². The van der Waals surface area contributed by atoms with Gasteiger partial charge in [-0.1, -0.05) is 18.2 Å². The van der Waals surface area contributed by atoms with E-state index in [4.69, 9.17) is 4.74 Å². The van der Waals surface area contributed by atoms with Crippen molar-refractivity contribution in [2.24, 2.45) is 0 Å². The Kier molecular flexibility index (Phi) is 3.85. The summed E-state index contributed by atoms with van der Waals surface area (Å²) in [6.07, 6.45) is 0. The van der Waals surface area contributed by atoms with E-state index < -0.39 is 0 Å². The molecule has 2 amide bonds. The summed E-state index contributed by atoms with van der Waals surface area (Å²) in [5.41, 5.74) is 1.77. The first-order chi connectivity index (χ1) is 9.13. The second kappa shape index (κ2) is 5.56. The summed E-state index contributed by atoms with van der Waals surface area (Å²) >= 11 is 0. The molecule has 2 rings (SSSR count). The lowest BCUT2D eigenvalue weighted by atomic mass is 10.1. The molecular formula is C14H16N2O3. The lowest BCUT2D eigenvalue weighted by Crippen LogP contribution is -2.46. The highest BCUT2D eigenvalue weighted by Crippen LogP contribution is 2.20. The number of hydrogen-bond acceptors (Lipinski definition) is 3. The molecular weight excluding hydrogens is 244 g/mol. The van der Waals surface area contributed by atoms with E-state index in [1.54, 1.807) is 13.8 Å². The number of carbonyl (C=O) groups excluding carboxylic acids is 2. The Labute approximate surface area is 111 Å². The lowest BCUT2D eigenvalue weighted by Gasteiger charge is -2.29. The number of nitrogens with zero attached hydrogens (tertiary/aromatic N) is 1. The summed E-state index contributed by atoms with van der Waals surface area (Å²) in [7, 11) is 0. The normalized spacial score (nSPS) is 15.3. The van der Waals surface area contributed by atoms with Gasteiger partial charge in [0.1, 0.15) is 0 Å². The van der Waals surface area contributed by atoms with Gasteiger partial charge in [-0.3, -0.25) is 4.90 Å². The number of hydrogen-bond donors (Lipinski definition) is 1. The van der Waals surface area contributed by atoms with Gasteiger partial charge in [-0.15, -0.1) is 0 Å². The summed E-state index contributed by atoms with van der Waals surface area (Å²) in [5, 5.41) is 2.68. The largest absolute Gasteiger partial charge is 0.463 e. The molecule has 1 aromatic carbocycles. The molecule has 5 heteroatoms. The zero-order chi connectivity index (χ0) is 13.8. The van der Waals surface area contributed by atoms with E-state index in [0.29, 0.717) is 17.9 Å². The lowest BCUT2D eigenvalue weighted by molar-refractivity contribution is -0.138. The Hall–Kier alpha value is -2.30. The first kappa shape index (κ1) is 13.1. The minimum Gasteiger partial charge on any atom is -0.463 e. The van der Waals surface area contributed by atoms with E-state index >= 15 is 0 Å². The van der Waals surface area contributed by atoms with Crippen LogP contribution in [0.2, 0.25) is 0 Å². The molecule has 1 heterocycles. The van der Waals surface area contributed by atoms with E-state index in [1.807, 2.05) is 30.3 Å². The fourth-order valence-electron chi connectivity index (χ4n) is 1.90. The van der Waals surface area contributed by atoms with Crippen molar-refractivity contribution < 1.29 is 14.3 Å². The monoisotopic (exact) mass is 260 g/mol. The Morgan fingerprint density at radius 2 is 2.05 bits per heavy atom. The van der Waals surface area contributed by atoms with Crippen LogP contribution in [0.15, 0.2) is 41.6 Å². The van der Waals surface area contributed by atoms with E-state index in [2.05, 4.69) is 5.32 Å². The van der Waals surface area contributed by atoms with Crippen LogP contribution < -0.4 is 10.2 Å². The minimum absolute atomic E-state index is 0.223. The number of para-hydroxylation sites is 1. The van der Waals surface area contributed by atoms with Gasteiger partial charge < -0.3 is 10.1 Å². The Morgan fingerprint density at radius 1 is 1.37 bits per heavy atom. The number of benzene rings is 1. The molecule has 1 aliphatic rings. The molecule has 100 valence electrons. The Morgan fingerprint density at radius 3 is 2.68 bits per heavy atom. The molecule has 0 atom stereocenters. The highest BCUT2D eigenvalue weighted by atomic mass is 16.5. The van der Waals surface area contributed by atoms with E-state index in [1.165, 1.54) is 4.90 Å². The molecule has 0 saturated heterocycles. The van der Waals surface area contributed by atoms with Crippen molar-refractivity contribution in [1.29, 1.82) is 0 Å². The minimum atomic E-state index is -0.388. The molecule has 0 spiro atoms. The van der Waals surface area contributed by atoms with Gasteiger partial charge in [-0.25, -0.2) is 9.59 Å². The fraction of sp³-hybridized carbons (Fsp3) is 0.286. The first-order valence-electron chi connectivity index (χ1n) is 6.14. The van der Waals surface area contributed by atoms with Crippen molar-refractivity contribution in [1.82, 2.24) is 5.32 Å². The van der Waals surface area contributed by atoms with Crippen molar-refractivity contribution in [2.45, 2.75) is 13.8 Å². The topological polar surface area (TPSA) is 58.6 Å². The van der Waals surface area contributed by atoms with Crippen LogP contribution in [0.5, 0.6) is 0 Å². The average Bonchev–Trinajstić information content (AvgIpc) is 2.40. The van der Waals surface area contributed by atoms with Crippen molar-refractivity contribution >= 4 is 17.7 Å². The molecule has 0 radical (unpaired) electrons.